The third-order valence-electron chi connectivity index (χ3n) is 2.91. The van der Waals surface area contributed by atoms with Gasteiger partial charge in [-0.15, -0.1) is 0 Å². The van der Waals surface area contributed by atoms with E-state index in [0.29, 0.717) is 5.75 Å². The molecule has 0 bridgehead atoms. The van der Waals surface area contributed by atoms with Gasteiger partial charge >= 0.3 is 0 Å². The number of primary sulfonamides is 1. The zero-order chi connectivity index (χ0) is 15.6. The molecule has 1 aromatic heterocycles. The minimum atomic E-state index is -3.77. The number of imidazole rings is 1. The molecule has 0 radical (unpaired) electrons. The van der Waals surface area contributed by atoms with Gasteiger partial charge in [0.15, 0.2) is 0 Å². The van der Waals surface area contributed by atoms with Crippen LogP contribution in [0.4, 0.5) is 0 Å². The third-order valence-corrected chi connectivity index (χ3v) is 4.12. The van der Waals surface area contributed by atoms with E-state index in [1.165, 1.54) is 18.2 Å². The second kappa shape index (κ2) is 6.05. The lowest BCUT2D eigenvalue weighted by atomic mass is 10.3. The standard InChI is InChI=1S/C13H16ClN3O3S/c1-9(2)17-8-16-6-10(17)7-20-13-4-3-11(5-12(13)14)21(15,18)19/h3-6,8-9H,7H2,1-2H3,(H2,15,18,19). The van der Waals surface area contributed by atoms with Crippen molar-refractivity contribution in [3.05, 3.63) is 41.4 Å². The van der Waals surface area contributed by atoms with Crippen molar-refractivity contribution in [3.63, 3.8) is 0 Å². The van der Waals surface area contributed by atoms with Crippen molar-refractivity contribution in [1.82, 2.24) is 9.55 Å². The van der Waals surface area contributed by atoms with Crippen molar-refractivity contribution in [3.8, 4) is 5.75 Å². The predicted octanol–water partition coefficient (Wildman–Crippen LogP) is 2.34. The summed E-state index contributed by atoms with van der Waals surface area (Å²) in [5.74, 6) is 0.389. The lowest BCUT2D eigenvalue weighted by Gasteiger charge is -2.13. The first-order valence-corrected chi connectivity index (χ1v) is 8.17. The van der Waals surface area contributed by atoms with Crippen LogP contribution < -0.4 is 9.88 Å². The topological polar surface area (TPSA) is 87.2 Å². The Bertz CT molecular complexity index is 741. The molecule has 0 amide bonds. The molecule has 1 aromatic carbocycles. The lowest BCUT2D eigenvalue weighted by molar-refractivity contribution is 0.292. The van der Waals surface area contributed by atoms with Gasteiger partial charge in [-0.1, -0.05) is 11.6 Å². The number of aromatic nitrogens is 2. The third kappa shape index (κ3) is 3.75. The van der Waals surface area contributed by atoms with Crippen LogP contribution in [0, 0.1) is 0 Å². The van der Waals surface area contributed by atoms with E-state index in [1.807, 2.05) is 18.4 Å². The Morgan fingerprint density at radius 3 is 2.71 bits per heavy atom. The highest BCUT2D eigenvalue weighted by Crippen LogP contribution is 2.27. The molecule has 8 heteroatoms. The Hall–Kier alpha value is -1.57. The first-order valence-electron chi connectivity index (χ1n) is 6.25. The van der Waals surface area contributed by atoms with Crippen molar-refractivity contribution in [2.75, 3.05) is 0 Å². The van der Waals surface area contributed by atoms with Crippen molar-refractivity contribution in [2.45, 2.75) is 31.4 Å². The maximum absolute atomic E-state index is 11.2. The highest BCUT2D eigenvalue weighted by Gasteiger charge is 2.12. The number of rotatable bonds is 5. The number of nitrogens with zero attached hydrogens (tertiary/aromatic N) is 2. The maximum Gasteiger partial charge on any atom is 0.238 e. The average molecular weight is 330 g/mol. The van der Waals surface area contributed by atoms with Crippen LogP contribution in [0.2, 0.25) is 5.02 Å². The molecule has 1 heterocycles. The van der Waals surface area contributed by atoms with Gasteiger partial charge in [0.2, 0.25) is 10.0 Å². The Balaban J connectivity index is 2.16. The zero-order valence-corrected chi connectivity index (χ0v) is 13.2. The van der Waals surface area contributed by atoms with Crippen molar-refractivity contribution in [2.24, 2.45) is 5.14 Å². The van der Waals surface area contributed by atoms with Crippen molar-refractivity contribution < 1.29 is 13.2 Å². The summed E-state index contributed by atoms with van der Waals surface area (Å²) in [6, 6.07) is 4.38. The lowest BCUT2D eigenvalue weighted by Crippen LogP contribution is -2.12. The molecule has 0 unspecified atom stereocenters. The van der Waals surface area contributed by atoms with Gasteiger partial charge in [0.05, 0.1) is 28.1 Å². The summed E-state index contributed by atoms with van der Waals surface area (Å²) in [4.78, 5) is 4.03. The van der Waals surface area contributed by atoms with E-state index in [1.54, 1.807) is 12.5 Å². The summed E-state index contributed by atoms with van der Waals surface area (Å²) in [5.41, 5.74) is 0.900. The molecule has 2 N–H and O–H groups in total. The Morgan fingerprint density at radius 1 is 1.43 bits per heavy atom. The van der Waals surface area contributed by atoms with Crippen LogP contribution >= 0.6 is 11.6 Å². The number of ether oxygens (including phenoxy) is 1. The van der Waals surface area contributed by atoms with E-state index in [9.17, 15) is 8.42 Å². The second-order valence-electron chi connectivity index (χ2n) is 4.81. The van der Waals surface area contributed by atoms with E-state index in [2.05, 4.69) is 4.98 Å². The first-order chi connectivity index (χ1) is 9.79. The van der Waals surface area contributed by atoms with Gasteiger partial charge in [0, 0.05) is 6.04 Å². The van der Waals surface area contributed by atoms with Gasteiger partial charge in [0.25, 0.3) is 0 Å². The summed E-state index contributed by atoms with van der Waals surface area (Å²) >= 11 is 6.01. The molecule has 21 heavy (non-hydrogen) atoms. The highest BCUT2D eigenvalue weighted by molar-refractivity contribution is 7.89. The van der Waals surface area contributed by atoms with E-state index in [4.69, 9.17) is 21.5 Å². The summed E-state index contributed by atoms with van der Waals surface area (Å²) < 4.78 is 30.0. The molecule has 0 atom stereocenters. The van der Waals surface area contributed by atoms with Crippen LogP contribution in [0.5, 0.6) is 5.75 Å². The average Bonchev–Trinajstić information content (AvgIpc) is 2.84. The molecule has 0 spiro atoms. The number of sulfonamides is 1. The first kappa shape index (κ1) is 15.8. The van der Waals surface area contributed by atoms with Gasteiger partial charge in [0.1, 0.15) is 12.4 Å². The van der Waals surface area contributed by atoms with E-state index in [-0.39, 0.29) is 22.6 Å². The SMILES string of the molecule is CC(C)n1cncc1COc1ccc(S(N)(=O)=O)cc1Cl. The molecule has 0 saturated carbocycles. The molecule has 0 aliphatic carbocycles. The maximum atomic E-state index is 11.2. The number of hydrogen-bond acceptors (Lipinski definition) is 4. The van der Waals surface area contributed by atoms with Gasteiger partial charge in [-0.3, -0.25) is 0 Å². The molecule has 114 valence electrons. The molecule has 0 fully saturated rings. The minimum absolute atomic E-state index is 0.0490. The smallest absolute Gasteiger partial charge is 0.238 e. The number of benzene rings is 1. The quantitative estimate of drug-likeness (QED) is 0.912. The fourth-order valence-corrected chi connectivity index (χ4v) is 2.68. The van der Waals surface area contributed by atoms with E-state index < -0.39 is 10.0 Å². The van der Waals surface area contributed by atoms with Gasteiger partial charge in [-0.25, -0.2) is 18.5 Å². The van der Waals surface area contributed by atoms with Crippen LogP contribution in [0.1, 0.15) is 25.6 Å². The molecule has 0 aliphatic rings. The molecule has 2 aromatic rings. The van der Waals surface area contributed by atoms with Gasteiger partial charge in [-0.05, 0) is 32.0 Å². The minimum Gasteiger partial charge on any atom is -0.486 e. The summed E-state index contributed by atoms with van der Waals surface area (Å²) in [6.07, 6.45) is 3.45. The molecular weight excluding hydrogens is 314 g/mol. The molecule has 6 nitrogen and oxygen atoms in total. The van der Waals surface area contributed by atoms with Crippen LogP contribution in [0.25, 0.3) is 0 Å². The van der Waals surface area contributed by atoms with Gasteiger partial charge in [-0.2, -0.15) is 0 Å². The molecule has 2 rings (SSSR count). The normalized spacial score (nSPS) is 11.9. The van der Waals surface area contributed by atoms with Crippen LogP contribution in [-0.2, 0) is 16.6 Å². The number of halogens is 1. The highest BCUT2D eigenvalue weighted by atomic mass is 35.5. The summed E-state index contributed by atoms with van der Waals surface area (Å²) in [5, 5.41) is 5.23. The second-order valence-corrected chi connectivity index (χ2v) is 6.78. The van der Waals surface area contributed by atoms with Crippen LogP contribution in [0.3, 0.4) is 0 Å². The Morgan fingerprint density at radius 2 is 2.14 bits per heavy atom. The largest absolute Gasteiger partial charge is 0.486 e. The summed E-state index contributed by atoms with van der Waals surface area (Å²) in [7, 11) is -3.77. The number of hydrogen-bond donors (Lipinski definition) is 1. The van der Waals surface area contributed by atoms with E-state index in [0.717, 1.165) is 5.69 Å². The zero-order valence-electron chi connectivity index (χ0n) is 11.7. The van der Waals surface area contributed by atoms with Crippen molar-refractivity contribution in [1.29, 1.82) is 0 Å². The van der Waals surface area contributed by atoms with Crippen LogP contribution in [-0.4, -0.2) is 18.0 Å². The van der Waals surface area contributed by atoms with E-state index >= 15 is 0 Å². The fourth-order valence-electron chi connectivity index (χ4n) is 1.84. The molecule has 0 aliphatic heterocycles. The van der Waals surface area contributed by atoms with Gasteiger partial charge < -0.3 is 9.30 Å². The fraction of sp³-hybridized carbons (Fsp3) is 0.308. The summed E-state index contributed by atoms with van der Waals surface area (Å²) in [6.45, 7) is 4.37. The Kier molecular flexibility index (Phi) is 4.55. The predicted molar refractivity (Wildman–Crippen MR) is 79.8 cm³/mol. The van der Waals surface area contributed by atoms with Crippen molar-refractivity contribution >= 4 is 21.6 Å². The Labute approximate surface area is 128 Å². The molecular formula is C13H16ClN3O3S. The number of nitrogens with two attached hydrogens (primary N) is 1. The van der Waals surface area contributed by atoms with Crippen LogP contribution in [0.15, 0.2) is 35.6 Å². The molecule has 0 saturated heterocycles. The monoisotopic (exact) mass is 329 g/mol.